The van der Waals surface area contributed by atoms with Crippen LogP contribution in [0.5, 0.6) is 0 Å². The molecule has 4 rings (SSSR count). The maximum atomic E-state index is 13.5. The second-order valence-corrected chi connectivity index (χ2v) is 8.95. The summed E-state index contributed by atoms with van der Waals surface area (Å²) in [4.78, 5) is 29.5. The molecule has 1 aliphatic rings. The van der Waals surface area contributed by atoms with Gasteiger partial charge in [-0.15, -0.1) is 0 Å². The largest absolute Gasteiger partial charge is 0.331 e. The predicted molar refractivity (Wildman–Crippen MR) is 134 cm³/mol. The lowest BCUT2D eigenvalue weighted by Crippen LogP contribution is -2.37. The summed E-state index contributed by atoms with van der Waals surface area (Å²) >= 11 is 17.6. The van der Waals surface area contributed by atoms with Gasteiger partial charge in [0.15, 0.2) is 5.11 Å². The molecule has 2 heterocycles. The van der Waals surface area contributed by atoms with Crippen LogP contribution in [-0.4, -0.2) is 37.6 Å². The minimum atomic E-state index is -0.764. The van der Waals surface area contributed by atoms with Gasteiger partial charge in [-0.25, -0.2) is 0 Å². The second-order valence-electron chi connectivity index (χ2n) is 7.71. The number of hydrogen-bond donors (Lipinski definition) is 1. The molecule has 0 radical (unpaired) electrons. The molecule has 1 unspecified atom stereocenters. The Morgan fingerprint density at radius 3 is 2.27 bits per heavy atom. The highest BCUT2D eigenvalue weighted by Gasteiger charge is 2.44. The van der Waals surface area contributed by atoms with Gasteiger partial charge in [-0.05, 0) is 67.7 Å². The summed E-state index contributed by atoms with van der Waals surface area (Å²) in [5.41, 5.74) is 3.08. The molecule has 2 aromatic carbocycles. The van der Waals surface area contributed by atoms with Gasteiger partial charge in [-0.3, -0.25) is 19.2 Å². The second kappa shape index (κ2) is 9.51. The molecule has 1 saturated heterocycles. The van der Waals surface area contributed by atoms with Crippen LogP contribution in [0.25, 0.3) is 0 Å². The summed E-state index contributed by atoms with van der Waals surface area (Å²) < 4.78 is 1.76. The highest BCUT2D eigenvalue weighted by Crippen LogP contribution is 2.30. The van der Waals surface area contributed by atoms with E-state index in [1.165, 1.54) is 4.90 Å². The van der Waals surface area contributed by atoms with Gasteiger partial charge in [0.25, 0.3) is 5.91 Å². The number of aryl methyl sites for hydroxylation is 1. The lowest BCUT2D eigenvalue weighted by Gasteiger charge is -2.23. The summed E-state index contributed by atoms with van der Waals surface area (Å²) in [5.74, 6) is -0.570. The van der Waals surface area contributed by atoms with E-state index < -0.39 is 6.04 Å². The standard InChI is InChI=1S/C23H21Cl2N5O2S/c1-14-15(12-26-28(14)2)13-29-20(11-21(31)27-18-7-3-16(24)4-8-18)22(32)30(23(29)33)19-9-5-17(25)6-10-19/h3-10,12,20H,11,13H2,1-2H3,(H,27,31). The van der Waals surface area contributed by atoms with Gasteiger partial charge >= 0.3 is 0 Å². The van der Waals surface area contributed by atoms with Crippen LogP contribution in [-0.2, 0) is 23.2 Å². The van der Waals surface area contributed by atoms with Crippen LogP contribution >= 0.6 is 35.4 Å². The van der Waals surface area contributed by atoms with Gasteiger partial charge in [0, 0.05) is 40.6 Å². The zero-order chi connectivity index (χ0) is 23.7. The van der Waals surface area contributed by atoms with Gasteiger partial charge in [-0.1, -0.05) is 23.2 Å². The molecule has 0 aliphatic carbocycles. The van der Waals surface area contributed by atoms with Crippen LogP contribution < -0.4 is 10.2 Å². The van der Waals surface area contributed by atoms with E-state index in [4.69, 9.17) is 35.4 Å². The van der Waals surface area contributed by atoms with Gasteiger partial charge in [-0.2, -0.15) is 5.10 Å². The van der Waals surface area contributed by atoms with Crippen LogP contribution in [0.3, 0.4) is 0 Å². The van der Waals surface area contributed by atoms with E-state index >= 15 is 0 Å². The number of hydrogen-bond acceptors (Lipinski definition) is 4. The molecule has 3 aromatic rings. The van der Waals surface area contributed by atoms with Crippen LogP contribution in [0, 0.1) is 6.92 Å². The zero-order valence-corrected chi connectivity index (χ0v) is 20.3. The van der Waals surface area contributed by atoms with Crippen molar-refractivity contribution < 1.29 is 9.59 Å². The minimum Gasteiger partial charge on any atom is -0.331 e. The summed E-state index contributed by atoms with van der Waals surface area (Å²) in [6.45, 7) is 2.30. The van der Waals surface area contributed by atoms with Crippen molar-refractivity contribution in [3.63, 3.8) is 0 Å². The Kier molecular flexibility index (Phi) is 6.69. The molecule has 1 fully saturated rings. The van der Waals surface area contributed by atoms with Crippen LogP contribution in [0.1, 0.15) is 17.7 Å². The fraction of sp³-hybridized carbons (Fsp3) is 0.217. The number of rotatable bonds is 6. The molecule has 0 bridgehead atoms. The zero-order valence-electron chi connectivity index (χ0n) is 18.0. The smallest absolute Gasteiger partial charge is 0.256 e. The SMILES string of the molecule is Cc1c(CN2C(=S)N(c3ccc(Cl)cc3)C(=O)C2CC(=O)Nc2ccc(Cl)cc2)cnn1C. The normalized spacial score (nSPS) is 15.9. The third-order valence-electron chi connectivity index (χ3n) is 5.59. The first-order chi connectivity index (χ1) is 15.7. The maximum absolute atomic E-state index is 13.5. The number of anilines is 2. The Morgan fingerprint density at radius 2 is 1.70 bits per heavy atom. The van der Waals surface area contributed by atoms with Crippen molar-refractivity contribution in [3.8, 4) is 0 Å². The summed E-state index contributed by atoms with van der Waals surface area (Å²) in [6.07, 6.45) is 1.68. The van der Waals surface area contributed by atoms with Gasteiger partial charge < -0.3 is 10.2 Å². The predicted octanol–water partition coefficient (Wildman–Crippen LogP) is 4.57. The molecule has 10 heteroatoms. The Labute approximate surface area is 206 Å². The molecule has 1 N–H and O–H groups in total. The Hall–Kier alpha value is -2.94. The molecule has 170 valence electrons. The van der Waals surface area contributed by atoms with Crippen LogP contribution in [0.15, 0.2) is 54.7 Å². The van der Waals surface area contributed by atoms with E-state index in [2.05, 4.69) is 10.4 Å². The Balaban J connectivity index is 1.61. The van der Waals surface area contributed by atoms with Gasteiger partial charge in [0.1, 0.15) is 6.04 Å². The molecule has 1 aliphatic heterocycles. The molecule has 1 aromatic heterocycles. The van der Waals surface area contributed by atoms with Crippen molar-refractivity contribution in [2.75, 3.05) is 10.2 Å². The van der Waals surface area contributed by atoms with Crippen molar-refractivity contribution in [1.29, 1.82) is 0 Å². The summed E-state index contributed by atoms with van der Waals surface area (Å²) in [7, 11) is 1.85. The fourth-order valence-corrected chi connectivity index (χ4v) is 4.28. The third kappa shape index (κ3) is 4.88. The first kappa shape index (κ1) is 23.2. The number of nitrogens with one attached hydrogen (secondary N) is 1. The molecule has 7 nitrogen and oxygen atoms in total. The first-order valence-electron chi connectivity index (χ1n) is 10.2. The minimum absolute atomic E-state index is 0.0645. The van der Waals surface area contributed by atoms with E-state index in [-0.39, 0.29) is 18.2 Å². The lowest BCUT2D eigenvalue weighted by atomic mass is 10.1. The molecular weight excluding hydrogens is 481 g/mol. The van der Waals surface area contributed by atoms with Crippen molar-refractivity contribution in [2.45, 2.75) is 25.9 Å². The number of benzene rings is 2. The third-order valence-corrected chi connectivity index (χ3v) is 6.51. The average molecular weight is 502 g/mol. The number of carbonyl (C=O) groups excluding carboxylic acids is 2. The Morgan fingerprint density at radius 1 is 1.09 bits per heavy atom. The average Bonchev–Trinajstić information content (AvgIpc) is 3.22. The molecule has 0 spiro atoms. The Bertz CT molecular complexity index is 1210. The van der Waals surface area contributed by atoms with E-state index in [1.807, 2.05) is 14.0 Å². The number of thiocarbonyl (C=S) groups is 1. The molecule has 2 amide bonds. The summed E-state index contributed by atoms with van der Waals surface area (Å²) in [6, 6.07) is 12.9. The monoisotopic (exact) mass is 501 g/mol. The van der Waals surface area contributed by atoms with E-state index in [1.54, 1.807) is 64.3 Å². The van der Waals surface area contributed by atoms with E-state index in [0.29, 0.717) is 33.1 Å². The fourth-order valence-electron chi connectivity index (χ4n) is 3.65. The topological polar surface area (TPSA) is 70.5 Å². The molecule has 33 heavy (non-hydrogen) atoms. The number of carbonyl (C=O) groups is 2. The van der Waals surface area contributed by atoms with Crippen molar-refractivity contribution in [2.24, 2.45) is 7.05 Å². The first-order valence-corrected chi connectivity index (χ1v) is 11.3. The van der Waals surface area contributed by atoms with E-state index in [0.717, 1.165) is 11.3 Å². The highest BCUT2D eigenvalue weighted by molar-refractivity contribution is 7.80. The number of nitrogens with zero attached hydrogens (tertiary/aromatic N) is 4. The van der Waals surface area contributed by atoms with Crippen molar-refractivity contribution in [1.82, 2.24) is 14.7 Å². The van der Waals surface area contributed by atoms with Gasteiger partial charge in [0.2, 0.25) is 5.91 Å². The number of halogens is 2. The lowest BCUT2D eigenvalue weighted by molar-refractivity contribution is -0.124. The molecule has 1 atom stereocenters. The van der Waals surface area contributed by atoms with Gasteiger partial charge in [0.05, 0.1) is 18.3 Å². The molecule has 0 saturated carbocycles. The van der Waals surface area contributed by atoms with Crippen LogP contribution in [0.2, 0.25) is 10.0 Å². The molecular formula is C23H21Cl2N5O2S. The van der Waals surface area contributed by atoms with Crippen molar-refractivity contribution in [3.05, 3.63) is 76.0 Å². The van der Waals surface area contributed by atoms with E-state index in [9.17, 15) is 9.59 Å². The number of aromatic nitrogens is 2. The van der Waals surface area contributed by atoms with Crippen molar-refractivity contribution >= 4 is 63.7 Å². The highest BCUT2D eigenvalue weighted by atomic mass is 35.5. The quantitative estimate of drug-likeness (QED) is 0.501. The maximum Gasteiger partial charge on any atom is 0.256 e. The summed E-state index contributed by atoms with van der Waals surface area (Å²) in [5, 5.41) is 8.56. The van der Waals surface area contributed by atoms with Crippen LogP contribution in [0.4, 0.5) is 11.4 Å². The number of amides is 2.